The van der Waals surface area contributed by atoms with Gasteiger partial charge in [-0.15, -0.1) is 0 Å². The van der Waals surface area contributed by atoms with E-state index in [9.17, 15) is 13.6 Å². The molecule has 0 aliphatic carbocycles. The summed E-state index contributed by atoms with van der Waals surface area (Å²) in [6.07, 6.45) is 0. The third kappa shape index (κ3) is 4.85. The molecular weight excluding hydrogens is 390 g/mol. The van der Waals surface area contributed by atoms with Gasteiger partial charge in [0.2, 0.25) is 5.91 Å². The van der Waals surface area contributed by atoms with Crippen LogP contribution < -0.4 is 5.32 Å². The Bertz CT molecular complexity index is 896. The Morgan fingerprint density at radius 1 is 1.33 bits per heavy atom. The van der Waals surface area contributed by atoms with Crippen LogP contribution in [0.4, 0.5) is 8.78 Å². The standard InChI is InChI=1S/C18H20F2N4OS2/c1-23(2)15(12-7-8-26-11-12)9-21-16(25)10-24-14-6-4-3-5-13(14)22-18(24)27-17(19)20/h3-8,11,15,17H,9-10H2,1-2H3,(H,21,25). The first-order valence-electron chi connectivity index (χ1n) is 8.31. The fraction of sp³-hybridized carbons (Fsp3) is 0.333. The minimum Gasteiger partial charge on any atom is -0.353 e. The number of alkyl halides is 2. The number of thiophene rings is 1. The molecule has 0 radical (unpaired) electrons. The fourth-order valence-corrected chi connectivity index (χ4v) is 4.16. The molecule has 1 amide bonds. The smallest absolute Gasteiger partial charge is 0.291 e. The van der Waals surface area contributed by atoms with E-state index in [2.05, 4.69) is 15.7 Å². The first-order valence-corrected chi connectivity index (χ1v) is 10.1. The molecule has 1 aromatic carbocycles. The number of carbonyl (C=O) groups excluding carboxylic acids is 1. The number of nitrogens with one attached hydrogen (secondary N) is 1. The molecule has 1 N–H and O–H groups in total. The Labute approximate surface area is 164 Å². The maximum absolute atomic E-state index is 12.9. The van der Waals surface area contributed by atoms with Crippen LogP contribution in [-0.4, -0.2) is 46.8 Å². The zero-order chi connectivity index (χ0) is 19.4. The molecule has 9 heteroatoms. The summed E-state index contributed by atoms with van der Waals surface area (Å²) in [6, 6.07) is 9.20. The first-order chi connectivity index (χ1) is 13.0. The van der Waals surface area contributed by atoms with Gasteiger partial charge in [0.05, 0.1) is 17.1 Å². The van der Waals surface area contributed by atoms with E-state index >= 15 is 0 Å². The summed E-state index contributed by atoms with van der Waals surface area (Å²) in [6.45, 7) is 0.381. The van der Waals surface area contributed by atoms with Crippen molar-refractivity contribution in [1.82, 2.24) is 19.8 Å². The SMILES string of the molecule is CN(C)C(CNC(=O)Cn1c(SC(F)F)nc2ccccc21)c1ccsc1. The van der Waals surface area contributed by atoms with Crippen LogP contribution in [0.25, 0.3) is 11.0 Å². The molecule has 0 saturated heterocycles. The number of hydrogen-bond donors (Lipinski definition) is 1. The van der Waals surface area contributed by atoms with Crippen LogP contribution in [0.5, 0.6) is 0 Å². The summed E-state index contributed by atoms with van der Waals surface area (Å²) in [5.41, 5.74) is 2.39. The summed E-state index contributed by atoms with van der Waals surface area (Å²) in [7, 11) is 3.91. The minimum absolute atomic E-state index is 0.0506. The number of benzene rings is 1. The molecule has 0 aliphatic rings. The highest BCUT2D eigenvalue weighted by Gasteiger charge is 2.19. The van der Waals surface area contributed by atoms with E-state index in [1.165, 1.54) is 4.57 Å². The summed E-state index contributed by atoms with van der Waals surface area (Å²) in [5, 5.41) is 7.11. The third-order valence-corrected chi connectivity index (χ3v) is 5.56. The number of para-hydroxylation sites is 2. The van der Waals surface area contributed by atoms with Gasteiger partial charge in [-0.05, 0) is 60.4 Å². The van der Waals surface area contributed by atoms with Crippen molar-refractivity contribution >= 4 is 40.0 Å². The number of amides is 1. The molecule has 3 rings (SSSR count). The highest BCUT2D eigenvalue weighted by Crippen LogP contribution is 2.28. The molecule has 0 spiro atoms. The summed E-state index contributed by atoms with van der Waals surface area (Å²) in [5.74, 6) is -2.84. The lowest BCUT2D eigenvalue weighted by molar-refractivity contribution is -0.121. The molecule has 5 nitrogen and oxygen atoms in total. The van der Waals surface area contributed by atoms with Crippen LogP contribution in [0.2, 0.25) is 0 Å². The molecule has 144 valence electrons. The average molecular weight is 411 g/mol. The van der Waals surface area contributed by atoms with Crippen molar-refractivity contribution in [2.24, 2.45) is 0 Å². The van der Waals surface area contributed by atoms with Crippen LogP contribution in [0.15, 0.2) is 46.2 Å². The largest absolute Gasteiger partial charge is 0.353 e. The number of nitrogens with zero attached hydrogens (tertiary/aromatic N) is 3. The Balaban J connectivity index is 1.73. The molecule has 0 saturated carbocycles. The Morgan fingerprint density at radius 2 is 2.11 bits per heavy atom. The van der Waals surface area contributed by atoms with E-state index in [0.717, 1.165) is 5.56 Å². The molecule has 0 bridgehead atoms. The lowest BCUT2D eigenvalue weighted by Crippen LogP contribution is -2.36. The Hall–Kier alpha value is -1.97. The highest BCUT2D eigenvalue weighted by molar-refractivity contribution is 7.99. The number of thioether (sulfide) groups is 1. The van der Waals surface area contributed by atoms with Crippen LogP contribution in [0.1, 0.15) is 11.6 Å². The zero-order valence-electron chi connectivity index (χ0n) is 14.9. The van der Waals surface area contributed by atoms with E-state index in [1.54, 1.807) is 35.6 Å². The van der Waals surface area contributed by atoms with E-state index < -0.39 is 5.76 Å². The quantitative estimate of drug-likeness (QED) is 0.574. The van der Waals surface area contributed by atoms with Gasteiger partial charge in [0.25, 0.3) is 5.76 Å². The van der Waals surface area contributed by atoms with Crippen molar-refractivity contribution in [2.45, 2.75) is 23.5 Å². The predicted molar refractivity (Wildman–Crippen MR) is 105 cm³/mol. The number of likely N-dealkylation sites (N-methyl/N-ethyl adjacent to an activating group) is 1. The van der Waals surface area contributed by atoms with Gasteiger partial charge >= 0.3 is 0 Å². The van der Waals surface area contributed by atoms with Crippen LogP contribution in [0, 0.1) is 0 Å². The van der Waals surface area contributed by atoms with Crippen LogP contribution in [0.3, 0.4) is 0 Å². The van der Waals surface area contributed by atoms with Crippen molar-refractivity contribution in [3.63, 3.8) is 0 Å². The molecule has 0 fully saturated rings. The number of halogens is 2. The molecule has 3 aromatic rings. The second kappa shape index (κ2) is 8.81. The van der Waals surface area contributed by atoms with Crippen molar-refractivity contribution < 1.29 is 13.6 Å². The molecule has 1 unspecified atom stereocenters. The molecule has 2 heterocycles. The third-order valence-electron chi connectivity index (χ3n) is 4.16. The maximum Gasteiger partial charge on any atom is 0.291 e. The van der Waals surface area contributed by atoms with Crippen molar-refractivity contribution in [3.8, 4) is 0 Å². The number of aromatic nitrogens is 2. The molecule has 0 aliphatic heterocycles. The summed E-state index contributed by atoms with van der Waals surface area (Å²) >= 11 is 1.96. The second-order valence-electron chi connectivity index (χ2n) is 6.19. The van der Waals surface area contributed by atoms with Crippen molar-refractivity contribution in [1.29, 1.82) is 0 Å². The maximum atomic E-state index is 12.9. The number of imidazole rings is 1. The Kier molecular flexibility index (Phi) is 6.46. The van der Waals surface area contributed by atoms with E-state index in [1.807, 2.05) is 30.4 Å². The fourth-order valence-electron chi connectivity index (χ4n) is 2.85. The van der Waals surface area contributed by atoms with Crippen LogP contribution in [-0.2, 0) is 11.3 Å². The van der Waals surface area contributed by atoms with Crippen molar-refractivity contribution in [3.05, 3.63) is 46.7 Å². The predicted octanol–water partition coefficient (Wildman–Crippen LogP) is 3.83. The molecule has 2 aromatic heterocycles. The van der Waals surface area contributed by atoms with E-state index in [4.69, 9.17) is 0 Å². The van der Waals surface area contributed by atoms with Gasteiger partial charge in [-0.3, -0.25) is 4.79 Å². The topological polar surface area (TPSA) is 50.2 Å². The summed E-state index contributed by atoms with van der Waals surface area (Å²) in [4.78, 5) is 18.8. The van der Waals surface area contributed by atoms with Gasteiger partial charge in [-0.2, -0.15) is 20.1 Å². The average Bonchev–Trinajstić information content (AvgIpc) is 3.24. The lowest BCUT2D eigenvalue weighted by atomic mass is 10.1. The van der Waals surface area contributed by atoms with Gasteiger partial charge in [-0.1, -0.05) is 12.1 Å². The van der Waals surface area contributed by atoms with Gasteiger partial charge < -0.3 is 14.8 Å². The molecule has 1 atom stereocenters. The summed E-state index contributed by atoms with van der Waals surface area (Å²) < 4.78 is 27.3. The van der Waals surface area contributed by atoms with Crippen LogP contribution >= 0.6 is 23.1 Å². The monoisotopic (exact) mass is 410 g/mol. The number of hydrogen-bond acceptors (Lipinski definition) is 5. The zero-order valence-corrected chi connectivity index (χ0v) is 16.6. The first kappa shape index (κ1) is 19.8. The number of carbonyl (C=O) groups is 1. The van der Waals surface area contributed by atoms with Gasteiger partial charge in [-0.25, -0.2) is 4.98 Å². The van der Waals surface area contributed by atoms with E-state index in [-0.39, 0.29) is 23.7 Å². The van der Waals surface area contributed by atoms with Crippen molar-refractivity contribution in [2.75, 3.05) is 20.6 Å². The normalized spacial score (nSPS) is 12.8. The van der Waals surface area contributed by atoms with Gasteiger partial charge in [0, 0.05) is 6.54 Å². The highest BCUT2D eigenvalue weighted by atomic mass is 32.2. The second-order valence-corrected chi connectivity index (χ2v) is 7.93. The number of fused-ring (bicyclic) bond motifs is 1. The molecule has 27 heavy (non-hydrogen) atoms. The lowest BCUT2D eigenvalue weighted by Gasteiger charge is -2.24. The minimum atomic E-state index is -2.60. The van der Waals surface area contributed by atoms with Gasteiger partial charge in [0.15, 0.2) is 5.16 Å². The van der Waals surface area contributed by atoms with Gasteiger partial charge in [0.1, 0.15) is 6.54 Å². The molecular formula is C18H20F2N4OS2. The van der Waals surface area contributed by atoms with E-state index in [0.29, 0.717) is 29.3 Å². The Morgan fingerprint density at radius 3 is 2.78 bits per heavy atom. The number of rotatable bonds is 8.